The van der Waals surface area contributed by atoms with Crippen molar-refractivity contribution in [2.24, 2.45) is 0 Å². The predicted molar refractivity (Wildman–Crippen MR) is 114 cm³/mol. The average molecular weight is 417 g/mol. The lowest BCUT2D eigenvalue weighted by molar-refractivity contribution is 0.340. The summed E-state index contributed by atoms with van der Waals surface area (Å²) < 4.78 is 32.7. The molecule has 1 aromatic heterocycles. The number of hydrogen-bond donors (Lipinski definition) is 1. The minimum atomic E-state index is -3.43. The van der Waals surface area contributed by atoms with Crippen LogP contribution in [0.5, 0.6) is 5.75 Å². The topological polar surface area (TPSA) is 68.3 Å². The van der Waals surface area contributed by atoms with Crippen LogP contribution in [0, 0.1) is 6.92 Å². The monoisotopic (exact) mass is 416 g/mol. The van der Waals surface area contributed by atoms with E-state index in [0.717, 1.165) is 27.6 Å². The zero-order valence-electron chi connectivity index (χ0n) is 16.0. The van der Waals surface area contributed by atoms with E-state index in [9.17, 15) is 8.42 Å². The summed E-state index contributed by atoms with van der Waals surface area (Å²) in [6, 6.07) is 17.6. The minimum absolute atomic E-state index is 0.0913. The van der Waals surface area contributed by atoms with Crippen LogP contribution in [0.4, 0.5) is 0 Å². The first kappa shape index (κ1) is 20.5. The molecule has 1 heterocycles. The molecule has 0 spiro atoms. The molecule has 0 amide bonds. The Morgan fingerprint density at radius 1 is 1.07 bits per heavy atom. The van der Waals surface area contributed by atoms with Crippen LogP contribution in [0.3, 0.4) is 0 Å². The van der Waals surface area contributed by atoms with Crippen LogP contribution in [0.25, 0.3) is 10.6 Å². The van der Waals surface area contributed by atoms with Gasteiger partial charge in [0.05, 0.1) is 11.4 Å². The number of aryl methyl sites for hydroxylation is 2. The average Bonchev–Trinajstić information content (AvgIpc) is 3.08. The summed E-state index contributed by atoms with van der Waals surface area (Å²) in [4.78, 5) is 5.47. The molecule has 0 aliphatic heterocycles. The van der Waals surface area contributed by atoms with Crippen LogP contribution in [-0.4, -0.2) is 25.8 Å². The summed E-state index contributed by atoms with van der Waals surface area (Å²) >= 11 is 1.51. The molecule has 0 aliphatic carbocycles. The van der Waals surface area contributed by atoms with Crippen molar-refractivity contribution in [3.05, 3.63) is 70.7 Å². The maximum Gasteiger partial charge on any atom is 0.215 e. The van der Waals surface area contributed by atoms with E-state index in [0.29, 0.717) is 5.75 Å². The Morgan fingerprint density at radius 3 is 2.46 bits per heavy atom. The van der Waals surface area contributed by atoms with Crippen LogP contribution in [0.1, 0.15) is 23.1 Å². The molecular formula is C21H24N2O3S2. The second kappa shape index (κ2) is 9.32. The molecule has 148 valence electrons. The molecule has 0 radical (unpaired) electrons. The minimum Gasteiger partial charge on any atom is -0.492 e. The maximum absolute atomic E-state index is 12.3. The zero-order chi connectivity index (χ0) is 20.0. The summed E-state index contributed by atoms with van der Waals surface area (Å²) in [6.07, 6.45) is 0.960. The fraction of sp³-hybridized carbons (Fsp3) is 0.286. The highest BCUT2D eigenvalue weighted by Crippen LogP contribution is 2.27. The highest BCUT2D eigenvalue weighted by molar-refractivity contribution is 7.89. The number of benzene rings is 2. The van der Waals surface area contributed by atoms with Crippen molar-refractivity contribution in [1.29, 1.82) is 0 Å². The quantitative estimate of drug-likeness (QED) is 0.568. The van der Waals surface area contributed by atoms with Gasteiger partial charge in [-0.15, -0.1) is 11.3 Å². The lowest BCUT2D eigenvalue weighted by Gasteiger charge is -2.08. The third kappa shape index (κ3) is 5.64. The van der Waals surface area contributed by atoms with E-state index in [1.54, 1.807) is 0 Å². The van der Waals surface area contributed by atoms with Crippen molar-refractivity contribution in [3.63, 3.8) is 0 Å². The zero-order valence-corrected chi connectivity index (χ0v) is 17.6. The summed E-state index contributed by atoms with van der Waals surface area (Å²) in [7, 11) is -3.43. The molecule has 28 heavy (non-hydrogen) atoms. The lowest BCUT2D eigenvalue weighted by Crippen LogP contribution is -2.28. The van der Waals surface area contributed by atoms with Crippen LogP contribution >= 0.6 is 11.3 Å². The molecule has 0 saturated carbocycles. The van der Waals surface area contributed by atoms with E-state index in [4.69, 9.17) is 4.74 Å². The molecule has 0 unspecified atom stereocenters. The van der Waals surface area contributed by atoms with E-state index < -0.39 is 10.0 Å². The Labute approximate surface area is 170 Å². The molecule has 0 fully saturated rings. The Hall–Kier alpha value is -2.22. The van der Waals surface area contributed by atoms with Gasteiger partial charge in [-0.3, -0.25) is 0 Å². The van der Waals surface area contributed by atoms with Gasteiger partial charge in [-0.2, -0.15) is 0 Å². The first-order valence-electron chi connectivity index (χ1n) is 9.17. The van der Waals surface area contributed by atoms with Gasteiger partial charge in [0, 0.05) is 17.0 Å². The molecule has 3 aromatic rings. The Morgan fingerprint density at radius 2 is 1.79 bits per heavy atom. The number of aromatic nitrogens is 1. The van der Waals surface area contributed by atoms with Gasteiger partial charge >= 0.3 is 0 Å². The van der Waals surface area contributed by atoms with Crippen LogP contribution in [0.15, 0.2) is 54.6 Å². The van der Waals surface area contributed by atoms with E-state index in [2.05, 4.69) is 16.6 Å². The number of nitrogens with zero attached hydrogens (tertiary/aromatic N) is 1. The van der Waals surface area contributed by atoms with Crippen LogP contribution in [-0.2, 0) is 23.0 Å². The fourth-order valence-corrected chi connectivity index (χ4v) is 4.54. The second-order valence-electron chi connectivity index (χ2n) is 6.38. The number of ether oxygens (including phenoxy) is 1. The van der Waals surface area contributed by atoms with Gasteiger partial charge < -0.3 is 4.74 Å². The molecule has 0 aliphatic rings. The summed E-state index contributed by atoms with van der Waals surface area (Å²) in [5, 5.41) is 0.895. The maximum atomic E-state index is 12.3. The molecular weight excluding hydrogens is 392 g/mol. The third-order valence-electron chi connectivity index (χ3n) is 4.32. The third-order valence-corrected chi connectivity index (χ3v) is 6.81. The van der Waals surface area contributed by atoms with E-state index >= 15 is 0 Å². The van der Waals surface area contributed by atoms with E-state index in [1.807, 2.05) is 61.5 Å². The van der Waals surface area contributed by atoms with Gasteiger partial charge in [0.15, 0.2) is 0 Å². The highest BCUT2D eigenvalue weighted by atomic mass is 32.2. The lowest BCUT2D eigenvalue weighted by atomic mass is 10.2. The first-order chi connectivity index (χ1) is 13.5. The van der Waals surface area contributed by atoms with Gasteiger partial charge in [-0.25, -0.2) is 18.1 Å². The largest absolute Gasteiger partial charge is 0.492 e. The van der Waals surface area contributed by atoms with E-state index in [-0.39, 0.29) is 18.9 Å². The Bertz CT molecular complexity index is 998. The Balaban J connectivity index is 1.52. The van der Waals surface area contributed by atoms with Crippen molar-refractivity contribution in [2.45, 2.75) is 26.8 Å². The highest BCUT2D eigenvalue weighted by Gasteiger charge is 2.14. The van der Waals surface area contributed by atoms with Crippen molar-refractivity contribution in [2.75, 3.05) is 12.4 Å². The molecule has 5 nitrogen and oxygen atoms in total. The standard InChI is InChI=1S/C21H24N2O3S2/c1-3-17-9-11-19(12-10-17)26-13-14-28(24,25)22-15-20-16(2)23-21(27-20)18-7-5-4-6-8-18/h4-12,22H,3,13-15H2,1-2H3. The molecule has 0 atom stereocenters. The number of sulfonamides is 1. The number of rotatable bonds is 9. The SMILES string of the molecule is CCc1ccc(OCCS(=O)(=O)NCc2sc(-c3ccccc3)nc2C)cc1. The van der Waals surface area contributed by atoms with E-state index in [1.165, 1.54) is 16.9 Å². The van der Waals surface area contributed by atoms with Gasteiger partial charge in [0.1, 0.15) is 17.4 Å². The van der Waals surface area contributed by atoms with Gasteiger partial charge in [0.25, 0.3) is 0 Å². The molecule has 3 rings (SSSR count). The summed E-state index contributed by atoms with van der Waals surface area (Å²) in [5.41, 5.74) is 3.10. The fourth-order valence-electron chi connectivity index (χ4n) is 2.63. The number of nitrogens with one attached hydrogen (secondary N) is 1. The number of hydrogen-bond acceptors (Lipinski definition) is 5. The smallest absolute Gasteiger partial charge is 0.215 e. The first-order valence-corrected chi connectivity index (χ1v) is 11.6. The van der Waals surface area contributed by atoms with Gasteiger partial charge in [-0.05, 0) is 31.0 Å². The van der Waals surface area contributed by atoms with Crippen molar-refractivity contribution >= 4 is 21.4 Å². The normalized spacial score (nSPS) is 11.5. The van der Waals surface area contributed by atoms with Crippen molar-refractivity contribution in [1.82, 2.24) is 9.71 Å². The van der Waals surface area contributed by atoms with Crippen LogP contribution < -0.4 is 9.46 Å². The molecule has 1 N–H and O–H groups in total. The summed E-state index contributed by atoms with van der Waals surface area (Å²) in [6.45, 7) is 4.33. The van der Waals surface area contributed by atoms with Crippen molar-refractivity contribution in [3.8, 4) is 16.3 Å². The van der Waals surface area contributed by atoms with Crippen molar-refractivity contribution < 1.29 is 13.2 Å². The van der Waals surface area contributed by atoms with Gasteiger partial charge in [-0.1, -0.05) is 49.4 Å². The molecule has 7 heteroatoms. The second-order valence-corrected chi connectivity index (χ2v) is 9.39. The molecule has 2 aromatic carbocycles. The van der Waals surface area contributed by atoms with Gasteiger partial charge in [0.2, 0.25) is 10.0 Å². The predicted octanol–water partition coefficient (Wildman–Crippen LogP) is 4.18. The molecule has 0 bridgehead atoms. The number of thiazole rings is 1. The molecule has 0 saturated heterocycles. The summed E-state index contributed by atoms with van der Waals surface area (Å²) in [5.74, 6) is 0.588. The van der Waals surface area contributed by atoms with Crippen LogP contribution in [0.2, 0.25) is 0 Å². The Kier molecular flexibility index (Phi) is 6.83.